The third-order valence-corrected chi connectivity index (χ3v) is 8.82. The highest BCUT2D eigenvalue weighted by Gasteiger charge is 2.51. The zero-order valence-corrected chi connectivity index (χ0v) is 23.0. The minimum absolute atomic E-state index is 0.0136. The summed E-state index contributed by atoms with van der Waals surface area (Å²) in [4.78, 5) is 26.6. The molecule has 1 aliphatic heterocycles. The lowest BCUT2D eigenvalue weighted by Crippen LogP contribution is -2.36. The molecule has 1 heterocycles. The first-order chi connectivity index (χ1) is 17.9. The van der Waals surface area contributed by atoms with Gasteiger partial charge in [-0.3, -0.25) is 4.79 Å². The van der Waals surface area contributed by atoms with E-state index >= 15 is 0 Å². The molecule has 5 rings (SSSR count). The van der Waals surface area contributed by atoms with Gasteiger partial charge in [-0.05, 0) is 75.5 Å². The molecule has 0 unspecified atom stereocenters. The van der Waals surface area contributed by atoms with Crippen molar-refractivity contribution in [1.29, 1.82) is 0 Å². The predicted octanol–water partition coefficient (Wildman–Crippen LogP) is 6.71. The number of carbonyl (C=O) groups is 2. The molecule has 2 aliphatic carbocycles. The van der Waals surface area contributed by atoms with Crippen LogP contribution in [0.5, 0.6) is 23.0 Å². The third-order valence-electron chi connectivity index (χ3n) is 8.30. The Balaban J connectivity index is 1.59. The van der Waals surface area contributed by atoms with Crippen LogP contribution in [0.2, 0.25) is 5.02 Å². The fourth-order valence-electron chi connectivity index (χ4n) is 5.90. The van der Waals surface area contributed by atoms with Crippen LogP contribution in [0.15, 0.2) is 24.3 Å². The molecule has 38 heavy (non-hydrogen) atoms. The number of cyclic esters (lactones) is 1. The SMILES string of the molecule is Cc1c(C)c(OC(=O)[C@@]2(C)C[C@H]3C=C[C@@H]2C3)c2c(c1Cl)COC(=O)c1c(ccc([C@@H](O)CC(C)C)c1O)O2. The van der Waals surface area contributed by atoms with Gasteiger partial charge in [-0.2, -0.15) is 0 Å². The van der Waals surface area contributed by atoms with Gasteiger partial charge in [-0.25, -0.2) is 4.79 Å². The van der Waals surface area contributed by atoms with Gasteiger partial charge in [-0.15, -0.1) is 0 Å². The smallest absolute Gasteiger partial charge is 0.346 e. The van der Waals surface area contributed by atoms with Crippen molar-refractivity contribution >= 4 is 23.5 Å². The summed E-state index contributed by atoms with van der Waals surface area (Å²) in [5.41, 5.74) is 1.04. The molecule has 8 heteroatoms. The van der Waals surface area contributed by atoms with E-state index in [1.807, 2.05) is 20.8 Å². The van der Waals surface area contributed by atoms with E-state index in [9.17, 15) is 19.8 Å². The molecule has 1 saturated carbocycles. The summed E-state index contributed by atoms with van der Waals surface area (Å²) in [7, 11) is 0. The fraction of sp³-hybridized carbons (Fsp3) is 0.467. The van der Waals surface area contributed by atoms with E-state index in [2.05, 4.69) is 12.2 Å². The number of hydrogen-bond acceptors (Lipinski definition) is 7. The Kier molecular flexibility index (Phi) is 6.72. The van der Waals surface area contributed by atoms with Crippen molar-refractivity contribution in [2.75, 3.05) is 0 Å². The molecule has 0 aromatic heterocycles. The molecule has 1 fully saturated rings. The first-order valence-corrected chi connectivity index (χ1v) is 13.4. The van der Waals surface area contributed by atoms with Crippen LogP contribution in [0.4, 0.5) is 0 Å². The van der Waals surface area contributed by atoms with Gasteiger partial charge in [-0.1, -0.05) is 37.6 Å². The van der Waals surface area contributed by atoms with Crippen LogP contribution in [0, 0.1) is 37.0 Å². The third kappa shape index (κ3) is 4.26. The zero-order valence-electron chi connectivity index (χ0n) is 22.3. The summed E-state index contributed by atoms with van der Waals surface area (Å²) in [6, 6.07) is 3.02. The molecule has 0 saturated heterocycles. The molecule has 2 N–H and O–H groups in total. The number of phenols is 1. The molecule has 2 aromatic carbocycles. The van der Waals surface area contributed by atoms with Crippen molar-refractivity contribution in [2.24, 2.45) is 23.2 Å². The number of carbonyl (C=O) groups excluding carboxylic acids is 2. The second-order valence-corrected chi connectivity index (χ2v) is 11.8. The number of allylic oxidation sites excluding steroid dienone is 2. The number of fused-ring (bicyclic) bond motifs is 4. The maximum Gasteiger partial charge on any atom is 0.346 e. The maximum atomic E-state index is 13.6. The Hall–Kier alpha value is -3.03. The van der Waals surface area contributed by atoms with Gasteiger partial charge in [0, 0.05) is 11.1 Å². The number of ether oxygens (including phenoxy) is 3. The summed E-state index contributed by atoms with van der Waals surface area (Å²) in [5.74, 6) is -0.514. The van der Waals surface area contributed by atoms with E-state index in [4.69, 9.17) is 25.8 Å². The summed E-state index contributed by atoms with van der Waals surface area (Å²) in [5, 5.41) is 22.0. The Morgan fingerprint density at radius 2 is 1.97 bits per heavy atom. The number of aromatic hydroxyl groups is 1. The quantitative estimate of drug-likeness (QED) is 0.247. The minimum atomic E-state index is -0.974. The van der Waals surface area contributed by atoms with Crippen molar-refractivity contribution < 1.29 is 34.0 Å². The molecule has 2 bridgehead atoms. The van der Waals surface area contributed by atoms with E-state index in [0.29, 0.717) is 34.1 Å². The molecule has 4 atom stereocenters. The highest BCUT2D eigenvalue weighted by atomic mass is 35.5. The molecular formula is C30H33ClO7. The molecule has 3 aliphatic rings. The first-order valence-electron chi connectivity index (χ1n) is 13.0. The minimum Gasteiger partial charge on any atom is -0.507 e. The van der Waals surface area contributed by atoms with Crippen molar-refractivity contribution in [1.82, 2.24) is 0 Å². The fourth-order valence-corrected chi connectivity index (χ4v) is 6.18. The normalized spacial score (nSPS) is 24.3. The average Bonchev–Trinajstić information content (AvgIpc) is 3.44. The zero-order chi connectivity index (χ0) is 27.5. The summed E-state index contributed by atoms with van der Waals surface area (Å²) < 4.78 is 17.9. The molecule has 7 nitrogen and oxygen atoms in total. The highest BCUT2D eigenvalue weighted by molar-refractivity contribution is 6.32. The van der Waals surface area contributed by atoms with Gasteiger partial charge in [0.05, 0.1) is 22.1 Å². The number of benzene rings is 2. The molecule has 0 radical (unpaired) electrons. The summed E-state index contributed by atoms with van der Waals surface area (Å²) in [6.07, 6.45) is 5.35. The molecule has 2 aromatic rings. The second-order valence-electron chi connectivity index (χ2n) is 11.4. The predicted molar refractivity (Wildman–Crippen MR) is 142 cm³/mol. The lowest BCUT2D eigenvalue weighted by atomic mass is 9.78. The van der Waals surface area contributed by atoms with Gasteiger partial charge in [0.2, 0.25) is 0 Å². The Bertz CT molecular complexity index is 1360. The number of hydrogen-bond donors (Lipinski definition) is 2. The number of phenolic OH excluding ortho intramolecular Hbond substituents is 1. The molecule has 0 amide bonds. The maximum absolute atomic E-state index is 13.6. The van der Waals surface area contributed by atoms with Gasteiger partial charge >= 0.3 is 11.9 Å². The molecule has 0 spiro atoms. The number of halogens is 1. The standard InChI is InChI=1S/C30H33ClO7/c1-14(2)10-21(32)19-8-9-22-23(25(19)33)28(34)36-13-20-24(31)15(3)16(4)26(27(20)37-22)38-29(35)30(5)12-17-6-7-18(30)11-17/h6-9,14,17-18,21,32-33H,10-13H2,1-5H3/t17-,18+,21-,30-/m0/s1. The van der Waals surface area contributed by atoms with Crippen molar-refractivity contribution in [2.45, 2.75) is 66.6 Å². The monoisotopic (exact) mass is 540 g/mol. The van der Waals surface area contributed by atoms with Crippen molar-refractivity contribution in [3.8, 4) is 23.0 Å². The van der Waals surface area contributed by atoms with E-state index in [1.165, 1.54) is 12.1 Å². The summed E-state index contributed by atoms with van der Waals surface area (Å²) in [6.45, 7) is 9.19. The largest absolute Gasteiger partial charge is 0.507 e. The van der Waals surface area contributed by atoms with Gasteiger partial charge < -0.3 is 24.4 Å². The van der Waals surface area contributed by atoms with E-state index in [0.717, 1.165) is 12.8 Å². The highest BCUT2D eigenvalue weighted by Crippen LogP contribution is 2.54. The van der Waals surface area contributed by atoms with Crippen LogP contribution in [0.25, 0.3) is 0 Å². The van der Waals surface area contributed by atoms with Gasteiger partial charge in [0.15, 0.2) is 11.5 Å². The lowest BCUT2D eigenvalue weighted by molar-refractivity contribution is -0.146. The average molecular weight is 541 g/mol. The molecular weight excluding hydrogens is 508 g/mol. The molecule has 202 valence electrons. The topological polar surface area (TPSA) is 102 Å². The Morgan fingerprint density at radius 3 is 2.61 bits per heavy atom. The van der Waals surface area contributed by atoms with E-state index < -0.39 is 23.2 Å². The van der Waals surface area contributed by atoms with Gasteiger partial charge in [0.1, 0.15) is 23.7 Å². The van der Waals surface area contributed by atoms with Crippen LogP contribution < -0.4 is 9.47 Å². The van der Waals surface area contributed by atoms with Crippen LogP contribution in [0.3, 0.4) is 0 Å². The number of rotatable bonds is 5. The number of aliphatic hydroxyl groups is 1. The number of esters is 2. The summed E-state index contributed by atoms with van der Waals surface area (Å²) >= 11 is 6.67. The van der Waals surface area contributed by atoms with Crippen LogP contribution in [-0.4, -0.2) is 22.2 Å². The number of aliphatic hydroxyl groups excluding tert-OH is 1. The second kappa shape index (κ2) is 9.62. The Labute approximate surface area is 227 Å². The Morgan fingerprint density at radius 1 is 1.24 bits per heavy atom. The first kappa shape index (κ1) is 26.6. The van der Waals surface area contributed by atoms with Crippen molar-refractivity contribution in [3.63, 3.8) is 0 Å². The van der Waals surface area contributed by atoms with Gasteiger partial charge in [0.25, 0.3) is 0 Å². The van der Waals surface area contributed by atoms with E-state index in [-0.39, 0.29) is 52.8 Å². The van der Waals surface area contributed by atoms with Crippen LogP contribution in [-0.2, 0) is 16.1 Å². The van der Waals surface area contributed by atoms with Crippen LogP contribution >= 0.6 is 11.6 Å². The lowest BCUT2D eigenvalue weighted by Gasteiger charge is -2.30. The van der Waals surface area contributed by atoms with Crippen LogP contribution in [0.1, 0.15) is 78.7 Å². The van der Waals surface area contributed by atoms with E-state index in [1.54, 1.807) is 13.8 Å². The van der Waals surface area contributed by atoms with Crippen molar-refractivity contribution in [3.05, 3.63) is 57.1 Å².